The van der Waals surface area contributed by atoms with Crippen molar-refractivity contribution in [2.24, 2.45) is 0 Å². The van der Waals surface area contributed by atoms with Gasteiger partial charge in [-0.25, -0.2) is 4.98 Å². The minimum Gasteiger partial charge on any atom is -0.363 e. The van der Waals surface area contributed by atoms with Crippen LogP contribution < -0.4 is 20.4 Å². The van der Waals surface area contributed by atoms with E-state index in [1.807, 2.05) is 55.4 Å². The molecule has 1 aromatic carbocycles. The summed E-state index contributed by atoms with van der Waals surface area (Å²) in [6, 6.07) is 12.6. The molecule has 0 spiro atoms. The van der Waals surface area contributed by atoms with Crippen molar-refractivity contribution in [2.75, 3.05) is 42.3 Å². The van der Waals surface area contributed by atoms with Gasteiger partial charge in [-0.1, -0.05) is 18.2 Å². The van der Waals surface area contributed by atoms with E-state index in [-0.39, 0.29) is 36.8 Å². The number of nitrogens with zero attached hydrogens (tertiary/aromatic N) is 4. The second-order valence-electron chi connectivity index (χ2n) is 7.74. The molecule has 0 aliphatic heterocycles. The molecule has 1 aliphatic rings. The van der Waals surface area contributed by atoms with Crippen LogP contribution >= 0.6 is 24.8 Å². The monoisotopic (exact) mass is 468 g/mol. The zero-order valence-electron chi connectivity index (χ0n) is 18.5. The Morgan fingerprint density at radius 1 is 1.03 bits per heavy atom. The highest BCUT2D eigenvalue weighted by Crippen LogP contribution is 2.22. The molecule has 7 nitrogen and oxygen atoms in total. The summed E-state index contributed by atoms with van der Waals surface area (Å²) in [7, 11) is 3.94. The normalized spacial score (nSPS) is 17.5. The van der Waals surface area contributed by atoms with Crippen molar-refractivity contribution < 1.29 is 4.79 Å². The molecule has 1 heterocycles. The van der Waals surface area contributed by atoms with Gasteiger partial charge in [-0.15, -0.1) is 24.8 Å². The van der Waals surface area contributed by atoms with Crippen molar-refractivity contribution in [1.29, 1.82) is 0 Å². The summed E-state index contributed by atoms with van der Waals surface area (Å²) >= 11 is 0. The fraction of sp³-hybridized carbons (Fsp3) is 0.500. The average molecular weight is 469 g/mol. The van der Waals surface area contributed by atoms with Gasteiger partial charge in [-0.05, 0) is 50.8 Å². The van der Waals surface area contributed by atoms with E-state index < -0.39 is 0 Å². The third-order valence-corrected chi connectivity index (χ3v) is 5.36. The van der Waals surface area contributed by atoms with Gasteiger partial charge in [0.05, 0.1) is 6.54 Å². The summed E-state index contributed by atoms with van der Waals surface area (Å²) in [6.45, 7) is 3.27. The number of halogens is 2. The molecule has 3 rings (SSSR count). The van der Waals surface area contributed by atoms with Gasteiger partial charge in [0.15, 0.2) is 0 Å². The second kappa shape index (κ2) is 13.2. The maximum absolute atomic E-state index is 12.5. The highest BCUT2D eigenvalue weighted by molar-refractivity contribution is 5.85. The molecular formula is C22H34Cl2N6O. The minimum atomic E-state index is 0. The Bertz CT molecular complexity index is 785. The van der Waals surface area contributed by atoms with E-state index in [4.69, 9.17) is 0 Å². The molecule has 172 valence electrons. The molecule has 31 heavy (non-hydrogen) atoms. The molecule has 1 aliphatic carbocycles. The van der Waals surface area contributed by atoms with Crippen LogP contribution in [0.15, 0.2) is 42.6 Å². The summed E-state index contributed by atoms with van der Waals surface area (Å²) < 4.78 is 0. The Kier molecular flexibility index (Phi) is 11.4. The number of hydrogen-bond acceptors (Lipinski definition) is 6. The van der Waals surface area contributed by atoms with E-state index >= 15 is 0 Å². The summed E-state index contributed by atoms with van der Waals surface area (Å²) in [4.78, 5) is 25.5. The van der Waals surface area contributed by atoms with E-state index in [0.29, 0.717) is 18.5 Å². The van der Waals surface area contributed by atoms with Gasteiger partial charge in [-0.3, -0.25) is 4.79 Å². The van der Waals surface area contributed by atoms with Crippen molar-refractivity contribution in [1.82, 2.24) is 15.3 Å². The maximum atomic E-state index is 12.5. The van der Waals surface area contributed by atoms with Gasteiger partial charge in [-0.2, -0.15) is 4.98 Å². The Morgan fingerprint density at radius 3 is 2.29 bits per heavy atom. The van der Waals surface area contributed by atoms with Crippen molar-refractivity contribution in [3.8, 4) is 0 Å². The van der Waals surface area contributed by atoms with Gasteiger partial charge in [0, 0.05) is 44.6 Å². The zero-order valence-corrected chi connectivity index (χ0v) is 20.1. The Balaban J connectivity index is 0.00000240. The number of carbonyl (C=O) groups is 1. The quantitative estimate of drug-likeness (QED) is 0.614. The van der Waals surface area contributed by atoms with E-state index in [2.05, 4.69) is 32.4 Å². The van der Waals surface area contributed by atoms with Crippen molar-refractivity contribution >= 4 is 48.2 Å². The first-order valence-corrected chi connectivity index (χ1v) is 10.4. The third kappa shape index (κ3) is 8.07. The number of carbonyl (C=O) groups excluding carboxylic acids is 1. The summed E-state index contributed by atoms with van der Waals surface area (Å²) in [5.74, 6) is 1.65. The molecule has 0 radical (unpaired) electrons. The predicted octanol–water partition coefficient (Wildman–Crippen LogP) is 3.75. The fourth-order valence-corrected chi connectivity index (χ4v) is 3.70. The van der Waals surface area contributed by atoms with E-state index in [9.17, 15) is 4.79 Å². The first kappa shape index (κ1) is 26.8. The lowest BCUT2D eigenvalue weighted by Crippen LogP contribution is -2.44. The fourth-order valence-electron chi connectivity index (χ4n) is 3.70. The summed E-state index contributed by atoms with van der Waals surface area (Å²) in [5.41, 5.74) is 1.08. The first-order chi connectivity index (χ1) is 14.0. The van der Waals surface area contributed by atoms with Crippen molar-refractivity contribution in [3.63, 3.8) is 0 Å². The van der Waals surface area contributed by atoms with Gasteiger partial charge >= 0.3 is 0 Å². The Morgan fingerprint density at radius 2 is 1.68 bits per heavy atom. The van der Waals surface area contributed by atoms with E-state index in [0.717, 1.165) is 43.7 Å². The van der Waals surface area contributed by atoms with Crippen LogP contribution in [0.3, 0.4) is 0 Å². The number of hydrogen-bond donors (Lipinski definition) is 2. The topological polar surface area (TPSA) is 73.4 Å². The van der Waals surface area contributed by atoms with Crippen LogP contribution in [0.25, 0.3) is 0 Å². The average Bonchev–Trinajstić information content (AvgIpc) is 2.74. The van der Waals surface area contributed by atoms with Gasteiger partial charge in [0.1, 0.15) is 5.82 Å². The van der Waals surface area contributed by atoms with Crippen LogP contribution in [0, 0.1) is 0 Å². The standard InChI is InChI=1S/C22H32N6O.2ClH/c1-4-28(19-8-6-5-7-9-19)16-21(29)24-17-10-12-18(13-11-17)25-22-23-15-14-20(26-22)27(2)3;;/h5-9,14-15,17-18H,4,10-13,16H2,1-3H3,(H,24,29)(H,23,25,26);2*1H/t17-,18+;;. The lowest BCUT2D eigenvalue weighted by atomic mass is 9.91. The summed E-state index contributed by atoms with van der Waals surface area (Å²) in [5, 5.41) is 6.66. The van der Waals surface area contributed by atoms with E-state index in [1.165, 1.54) is 0 Å². The lowest BCUT2D eigenvalue weighted by molar-refractivity contribution is -0.120. The SMILES string of the molecule is CCN(CC(=O)N[C@H]1CC[C@@H](Nc2nccc(N(C)C)n2)CC1)c1ccccc1.Cl.Cl. The number of aromatic nitrogens is 2. The molecule has 2 N–H and O–H groups in total. The number of benzene rings is 1. The van der Waals surface area contributed by atoms with Gasteiger partial charge < -0.3 is 20.4 Å². The number of likely N-dealkylation sites (N-methyl/N-ethyl adjacent to an activating group) is 1. The molecule has 0 saturated heterocycles. The largest absolute Gasteiger partial charge is 0.363 e. The molecule has 9 heteroatoms. The number of anilines is 3. The molecule has 0 atom stereocenters. The molecule has 1 amide bonds. The smallest absolute Gasteiger partial charge is 0.239 e. The van der Waals surface area contributed by atoms with Crippen LogP contribution in [0.2, 0.25) is 0 Å². The summed E-state index contributed by atoms with van der Waals surface area (Å²) in [6.07, 6.45) is 5.71. The van der Waals surface area contributed by atoms with Crippen LogP contribution in [0.1, 0.15) is 32.6 Å². The van der Waals surface area contributed by atoms with E-state index in [1.54, 1.807) is 6.20 Å². The number of para-hydroxylation sites is 1. The lowest BCUT2D eigenvalue weighted by Gasteiger charge is -2.31. The molecular weight excluding hydrogens is 435 g/mol. The molecule has 0 bridgehead atoms. The number of amides is 1. The number of nitrogens with one attached hydrogen (secondary N) is 2. The second-order valence-corrected chi connectivity index (χ2v) is 7.74. The Hall–Kier alpha value is -2.25. The van der Waals surface area contributed by atoms with Gasteiger partial charge in [0.2, 0.25) is 11.9 Å². The van der Waals surface area contributed by atoms with Crippen LogP contribution in [-0.2, 0) is 4.79 Å². The zero-order chi connectivity index (χ0) is 20.6. The van der Waals surface area contributed by atoms with Crippen molar-refractivity contribution in [3.05, 3.63) is 42.6 Å². The van der Waals surface area contributed by atoms with Crippen LogP contribution in [0.5, 0.6) is 0 Å². The highest BCUT2D eigenvalue weighted by Gasteiger charge is 2.23. The van der Waals surface area contributed by atoms with Crippen molar-refractivity contribution in [2.45, 2.75) is 44.7 Å². The van der Waals surface area contributed by atoms with Gasteiger partial charge in [0.25, 0.3) is 0 Å². The maximum Gasteiger partial charge on any atom is 0.239 e. The highest BCUT2D eigenvalue weighted by atomic mass is 35.5. The molecule has 1 fully saturated rings. The molecule has 1 saturated carbocycles. The molecule has 0 unspecified atom stereocenters. The Labute approximate surface area is 197 Å². The number of rotatable bonds is 8. The predicted molar refractivity (Wildman–Crippen MR) is 133 cm³/mol. The first-order valence-electron chi connectivity index (χ1n) is 10.4. The minimum absolute atomic E-state index is 0. The molecule has 2 aromatic rings. The third-order valence-electron chi connectivity index (χ3n) is 5.36. The molecule has 1 aromatic heterocycles. The van der Waals surface area contributed by atoms with Crippen LogP contribution in [-0.4, -0.2) is 55.1 Å². The van der Waals surface area contributed by atoms with Crippen LogP contribution in [0.4, 0.5) is 17.5 Å².